The summed E-state index contributed by atoms with van der Waals surface area (Å²) < 4.78 is 26.1. The molecule has 0 radical (unpaired) electrons. The summed E-state index contributed by atoms with van der Waals surface area (Å²) in [4.78, 5) is 59.3. The molecule has 3 aromatic carbocycles. The summed E-state index contributed by atoms with van der Waals surface area (Å²) in [5.74, 6) is -1.40. The second-order valence-corrected chi connectivity index (χ2v) is 8.64. The van der Waals surface area contributed by atoms with Crippen molar-refractivity contribution in [2.75, 3.05) is 26.7 Å². The van der Waals surface area contributed by atoms with Crippen molar-refractivity contribution in [2.24, 2.45) is 0 Å². The molecule has 11 nitrogen and oxygen atoms in total. The summed E-state index contributed by atoms with van der Waals surface area (Å²) in [6.07, 6.45) is 3.26. The lowest BCUT2D eigenvalue weighted by atomic mass is 10.0. The van der Waals surface area contributed by atoms with Crippen LogP contribution in [-0.4, -0.2) is 61.2 Å². The van der Waals surface area contributed by atoms with Gasteiger partial charge in [-0.15, -0.1) is 0 Å². The van der Waals surface area contributed by atoms with Crippen LogP contribution in [0.15, 0.2) is 97.6 Å². The summed E-state index contributed by atoms with van der Waals surface area (Å²) in [6, 6.07) is 20.3. The maximum atomic E-state index is 12.6. The smallest absolute Gasteiger partial charge is 0.343 e. The molecule has 2 amide bonds. The molecule has 0 saturated heterocycles. The van der Waals surface area contributed by atoms with Crippen LogP contribution >= 0.6 is 0 Å². The first kappa shape index (κ1) is 29.4. The highest BCUT2D eigenvalue weighted by molar-refractivity contribution is 6.14. The molecule has 0 fully saturated rings. The lowest BCUT2D eigenvalue weighted by Crippen LogP contribution is -2.36. The predicted molar refractivity (Wildman–Crippen MR) is 147 cm³/mol. The highest BCUT2D eigenvalue weighted by Crippen LogP contribution is 2.24. The third-order valence-corrected chi connectivity index (χ3v) is 5.74. The molecule has 0 N–H and O–H groups in total. The van der Waals surface area contributed by atoms with Crippen LogP contribution in [0.3, 0.4) is 0 Å². The van der Waals surface area contributed by atoms with Crippen LogP contribution in [0.25, 0.3) is 11.1 Å². The van der Waals surface area contributed by atoms with Gasteiger partial charge in [-0.3, -0.25) is 19.3 Å². The van der Waals surface area contributed by atoms with Gasteiger partial charge in [0.1, 0.15) is 23.9 Å². The number of Topliss-reactive ketones (excluding diaryl/α,β-unsaturated/α-hetero) is 1. The Morgan fingerprint density at radius 3 is 1.83 bits per heavy atom. The van der Waals surface area contributed by atoms with Crippen LogP contribution in [0.1, 0.15) is 10.4 Å². The molecular weight excluding hydrogens is 546 g/mol. The Hall–Kier alpha value is -5.55. The molecule has 3 aromatic rings. The first-order valence-electron chi connectivity index (χ1n) is 12.5. The lowest BCUT2D eigenvalue weighted by Gasteiger charge is -2.13. The summed E-state index contributed by atoms with van der Waals surface area (Å²) in [7, 11) is 0. The summed E-state index contributed by atoms with van der Waals surface area (Å²) in [5, 5.41) is 0. The first-order valence-corrected chi connectivity index (χ1v) is 12.5. The van der Waals surface area contributed by atoms with Crippen LogP contribution in [0, 0.1) is 0 Å². The second-order valence-electron chi connectivity index (χ2n) is 8.64. The molecule has 11 heteroatoms. The van der Waals surface area contributed by atoms with E-state index in [1.807, 2.05) is 12.1 Å². The SMILES string of the molecule is C=CC(=O)OCOc1ccc(-c2ccc(C(=O)Oc3ccc(OCOCC(=O)CN4C(=O)C=CC4=O)cc3)cc2)cc1. The Kier molecular flexibility index (Phi) is 9.94. The van der Waals surface area contributed by atoms with Gasteiger partial charge in [0.15, 0.2) is 12.6 Å². The lowest BCUT2D eigenvalue weighted by molar-refractivity contribution is -0.144. The Morgan fingerprint density at radius 2 is 1.24 bits per heavy atom. The van der Waals surface area contributed by atoms with Gasteiger partial charge in [0.25, 0.3) is 11.8 Å². The van der Waals surface area contributed by atoms with E-state index in [2.05, 4.69) is 6.58 Å². The van der Waals surface area contributed by atoms with Crippen molar-refractivity contribution in [2.45, 2.75) is 0 Å². The van der Waals surface area contributed by atoms with Gasteiger partial charge in [-0.2, -0.15) is 0 Å². The molecule has 42 heavy (non-hydrogen) atoms. The zero-order valence-electron chi connectivity index (χ0n) is 22.2. The number of esters is 2. The molecule has 1 aliphatic heterocycles. The first-order chi connectivity index (χ1) is 20.3. The van der Waals surface area contributed by atoms with E-state index in [-0.39, 0.29) is 26.7 Å². The quantitative estimate of drug-likeness (QED) is 0.0707. The van der Waals surface area contributed by atoms with Gasteiger partial charge in [0, 0.05) is 18.2 Å². The fraction of sp³-hybridized carbons (Fsp3) is 0.129. The van der Waals surface area contributed by atoms with E-state index in [0.29, 0.717) is 22.8 Å². The molecule has 0 bridgehead atoms. The zero-order chi connectivity index (χ0) is 29.9. The monoisotopic (exact) mass is 571 g/mol. The molecule has 4 rings (SSSR count). The Labute approximate surface area is 240 Å². The van der Waals surface area contributed by atoms with Crippen molar-refractivity contribution in [3.63, 3.8) is 0 Å². The van der Waals surface area contributed by atoms with E-state index in [9.17, 15) is 24.0 Å². The molecule has 0 saturated carbocycles. The number of benzene rings is 3. The fourth-order valence-electron chi connectivity index (χ4n) is 3.60. The van der Waals surface area contributed by atoms with Gasteiger partial charge in [-0.1, -0.05) is 30.8 Å². The number of hydrogen-bond acceptors (Lipinski definition) is 10. The standard InChI is InChI=1S/C31H25NO10/c1-2-30(36)41-20-40-25-9-7-22(8-10-25)21-3-5-23(6-4-21)31(37)42-27-13-11-26(12-14-27)39-19-38-18-24(33)17-32-28(34)15-16-29(32)35/h2-16H,1,17-20H2. The normalized spacial score (nSPS) is 12.1. The Balaban J connectivity index is 1.19. The van der Waals surface area contributed by atoms with Gasteiger partial charge < -0.3 is 23.7 Å². The van der Waals surface area contributed by atoms with E-state index < -0.39 is 29.5 Å². The number of rotatable bonds is 14. The van der Waals surface area contributed by atoms with Crippen LogP contribution in [0.5, 0.6) is 17.2 Å². The maximum absolute atomic E-state index is 12.6. The average Bonchev–Trinajstić information content (AvgIpc) is 3.32. The largest absolute Gasteiger partial charge is 0.468 e. The number of hydrogen-bond donors (Lipinski definition) is 0. The number of carbonyl (C=O) groups excluding carboxylic acids is 5. The third kappa shape index (κ3) is 8.23. The molecule has 1 heterocycles. The molecule has 1 aliphatic rings. The number of ketones is 1. The number of amides is 2. The van der Waals surface area contributed by atoms with Crippen molar-refractivity contribution in [3.8, 4) is 28.4 Å². The van der Waals surface area contributed by atoms with Crippen molar-refractivity contribution < 1.29 is 47.7 Å². The summed E-state index contributed by atoms with van der Waals surface area (Å²) in [6.45, 7) is 2.15. The Bertz CT molecular complexity index is 1470. The molecule has 0 unspecified atom stereocenters. The van der Waals surface area contributed by atoms with Crippen LogP contribution in [-0.2, 0) is 28.7 Å². The average molecular weight is 572 g/mol. The van der Waals surface area contributed by atoms with Gasteiger partial charge in [0.2, 0.25) is 6.79 Å². The van der Waals surface area contributed by atoms with Crippen molar-refractivity contribution in [1.82, 2.24) is 4.90 Å². The fourth-order valence-corrected chi connectivity index (χ4v) is 3.60. The van der Waals surface area contributed by atoms with E-state index in [4.69, 9.17) is 23.7 Å². The van der Waals surface area contributed by atoms with Crippen LogP contribution in [0.4, 0.5) is 0 Å². The minimum absolute atomic E-state index is 0.222. The third-order valence-electron chi connectivity index (χ3n) is 5.74. The maximum Gasteiger partial charge on any atom is 0.343 e. The molecule has 0 aromatic heterocycles. The van der Waals surface area contributed by atoms with Gasteiger partial charge >= 0.3 is 11.9 Å². The van der Waals surface area contributed by atoms with Gasteiger partial charge in [0.05, 0.1) is 12.1 Å². The van der Waals surface area contributed by atoms with E-state index in [1.165, 1.54) is 0 Å². The zero-order valence-corrected chi connectivity index (χ0v) is 22.2. The summed E-state index contributed by atoms with van der Waals surface area (Å²) in [5.41, 5.74) is 2.12. The van der Waals surface area contributed by atoms with Crippen molar-refractivity contribution in [1.29, 1.82) is 0 Å². The van der Waals surface area contributed by atoms with Crippen LogP contribution in [0.2, 0.25) is 0 Å². The predicted octanol–water partition coefficient (Wildman–Crippen LogP) is 3.49. The Morgan fingerprint density at radius 1 is 0.714 bits per heavy atom. The number of imide groups is 1. The molecule has 0 atom stereocenters. The molecule has 0 spiro atoms. The molecule has 0 aliphatic carbocycles. The number of nitrogens with zero attached hydrogens (tertiary/aromatic N) is 1. The van der Waals surface area contributed by atoms with E-state index in [1.54, 1.807) is 60.7 Å². The minimum Gasteiger partial charge on any atom is -0.468 e. The van der Waals surface area contributed by atoms with Gasteiger partial charge in [-0.05, 0) is 59.7 Å². The van der Waals surface area contributed by atoms with Crippen molar-refractivity contribution >= 4 is 29.5 Å². The topological polar surface area (TPSA) is 135 Å². The highest BCUT2D eigenvalue weighted by atomic mass is 16.7. The summed E-state index contributed by atoms with van der Waals surface area (Å²) >= 11 is 0. The number of carbonyl (C=O) groups is 5. The number of ether oxygens (including phenoxy) is 5. The minimum atomic E-state index is -0.572. The molecule has 214 valence electrons. The van der Waals surface area contributed by atoms with Gasteiger partial charge in [-0.25, -0.2) is 9.59 Å². The van der Waals surface area contributed by atoms with Crippen molar-refractivity contribution in [3.05, 3.63) is 103 Å². The highest BCUT2D eigenvalue weighted by Gasteiger charge is 2.25. The second kappa shape index (κ2) is 14.2. The van der Waals surface area contributed by atoms with Crippen LogP contribution < -0.4 is 14.2 Å². The van der Waals surface area contributed by atoms with E-state index >= 15 is 0 Å². The van der Waals surface area contributed by atoms with E-state index in [0.717, 1.165) is 34.3 Å². The molecular formula is C31H25NO10.